The number of halogens is 1. The number of nitrogens with zero attached hydrogens (tertiary/aromatic N) is 3. The van der Waals surface area contributed by atoms with E-state index in [1.165, 1.54) is 0 Å². The molecule has 1 unspecified atom stereocenters. The lowest BCUT2D eigenvalue weighted by atomic mass is 10.0. The number of hydrogen-bond donors (Lipinski definition) is 0. The largest absolute Gasteiger partial charge is 0.329 e. The summed E-state index contributed by atoms with van der Waals surface area (Å²) in [5, 5.41) is 0. The molecular weight excluding hydrogens is 353 g/mol. The highest BCUT2D eigenvalue weighted by Crippen LogP contribution is 2.39. The molecule has 1 atom stereocenters. The van der Waals surface area contributed by atoms with Gasteiger partial charge in [-0.05, 0) is 67.3 Å². The van der Waals surface area contributed by atoms with E-state index < -0.39 is 0 Å². The van der Waals surface area contributed by atoms with Gasteiger partial charge in [0.25, 0.3) is 0 Å². The Morgan fingerprint density at radius 1 is 1.11 bits per heavy atom. The molecule has 140 valence electrons. The highest BCUT2D eigenvalue weighted by Gasteiger charge is 2.40. The molecule has 5 heteroatoms. The van der Waals surface area contributed by atoms with Crippen molar-refractivity contribution in [1.82, 2.24) is 4.98 Å². The van der Waals surface area contributed by atoms with Gasteiger partial charge in [-0.1, -0.05) is 18.2 Å². The first kappa shape index (κ1) is 16.9. The van der Waals surface area contributed by atoms with E-state index in [2.05, 4.69) is 4.98 Å². The standard InChI is InChI=1S/C23H20FN3O/c1-15-12-22-17(14-20(15)24)13-19-9-11-26(23(28)27(19)22)18-7-5-16(6-8-18)21-4-2-3-10-25-21/h2-8,10,12,14,19H,9,11,13H2,1H3. The van der Waals surface area contributed by atoms with Gasteiger partial charge in [-0.2, -0.15) is 0 Å². The summed E-state index contributed by atoms with van der Waals surface area (Å²) in [6, 6.07) is 17.2. The molecule has 0 radical (unpaired) electrons. The van der Waals surface area contributed by atoms with Gasteiger partial charge in [0.05, 0.1) is 5.69 Å². The molecule has 3 heterocycles. The lowest BCUT2D eigenvalue weighted by Gasteiger charge is -2.38. The molecule has 0 spiro atoms. The van der Waals surface area contributed by atoms with Crippen LogP contribution in [0, 0.1) is 12.7 Å². The number of carbonyl (C=O) groups excluding carboxylic acids is 1. The van der Waals surface area contributed by atoms with Crippen molar-refractivity contribution in [3.63, 3.8) is 0 Å². The fraction of sp³-hybridized carbons (Fsp3) is 0.217. The van der Waals surface area contributed by atoms with Gasteiger partial charge in [0.1, 0.15) is 5.82 Å². The Bertz CT molecular complexity index is 1050. The molecule has 4 nitrogen and oxygen atoms in total. The summed E-state index contributed by atoms with van der Waals surface area (Å²) in [6.07, 6.45) is 3.36. The predicted octanol–water partition coefficient (Wildman–Crippen LogP) is 4.96. The topological polar surface area (TPSA) is 36.4 Å². The number of pyridine rings is 1. The molecule has 0 bridgehead atoms. The molecule has 0 saturated carbocycles. The van der Waals surface area contributed by atoms with E-state index in [0.717, 1.165) is 41.0 Å². The highest BCUT2D eigenvalue weighted by molar-refractivity contribution is 6.06. The van der Waals surface area contributed by atoms with Gasteiger partial charge in [-0.15, -0.1) is 0 Å². The maximum atomic E-state index is 13.9. The Morgan fingerprint density at radius 2 is 1.93 bits per heavy atom. The molecule has 2 aromatic carbocycles. The van der Waals surface area contributed by atoms with Crippen LogP contribution in [0.3, 0.4) is 0 Å². The molecule has 2 amide bonds. The maximum Gasteiger partial charge on any atom is 0.329 e. The minimum absolute atomic E-state index is 0.0356. The molecule has 2 aliphatic heterocycles. The first-order chi connectivity index (χ1) is 13.6. The van der Waals surface area contributed by atoms with Crippen LogP contribution in [0.25, 0.3) is 11.3 Å². The summed E-state index contributed by atoms with van der Waals surface area (Å²) in [7, 11) is 0. The normalized spacial score (nSPS) is 18.2. The third-order valence-corrected chi connectivity index (χ3v) is 5.70. The SMILES string of the molecule is Cc1cc2c(cc1F)CC1CCN(c3ccc(-c4ccccn4)cc3)C(=O)N21. The van der Waals surface area contributed by atoms with Gasteiger partial charge in [0, 0.05) is 35.7 Å². The summed E-state index contributed by atoms with van der Waals surface area (Å²) in [5.41, 5.74) is 5.14. The van der Waals surface area contributed by atoms with Gasteiger partial charge >= 0.3 is 6.03 Å². The van der Waals surface area contributed by atoms with E-state index in [1.54, 1.807) is 25.3 Å². The van der Waals surface area contributed by atoms with Crippen LogP contribution in [0.4, 0.5) is 20.6 Å². The number of fused-ring (bicyclic) bond motifs is 3. The van der Waals surface area contributed by atoms with Crippen molar-refractivity contribution in [2.75, 3.05) is 16.3 Å². The van der Waals surface area contributed by atoms with E-state index in [0.29, 0.717) is 12.1 Å². The Labute approximate surface area is 163 Å². The molecule has 1 fully saturated rings. The summed E-state index contributed by atoms with van der Waals surface area (Å²) in [4.78, 5) is 21.3. The number of anilines is 2. The van der Waals surface area contributed by atoms with Crippen LogP contribution in [0.1, 0.15) is 17.5 Å². The summed E-state index contributed by atoms with van der Waals surface area (Å²) < 4.78 is 13.9. The number of urea groups is 1. The monoisotopic (exact) mass is 373 g/mol. The van der Waals surface area contributed by atoms with Crippen molar-refractivity contribution >= 4 is 17.4 Å². The fourth-order valence-electron chi connectivity index (χ4n) is 4.22. The zero-order valence-electron chi connectivity index (χ0n) is 15.6. The second kappa shape index (κ2) is 6.44. The van der Waals surface area contributed by atoms with Crippen molar-refractivity contribution in [3.05, 3.63) is 77.7 Å². The molecule has 5 rings (SSSR count). The van der Waals surface area contributed by atoms with Gasteiger partial charge in [0.15, 0.2) is 0 Å². The van der Waals surface area contributed by atoms with E-state index in [1.807, 2.05) is 52.3 Å². The smallest absolute Gasteiger partial charge is 0.294 e. The quantitative estimate of drug-likeness (QED) is 0.637. The van der Waals surface area contributed by atoms with Crippen molar-refractivity contribution in [1.29, 1.82) is 0 Å². The van der Waals surface area contributed by atoms with E-state index in [4.69, 9.17) is 0 Å². The average molecular weight is 373 g/mol. The predicted molar refractivity (Wildman–Crippen MR) is 108 cm³/mol. The van der Waals surface area contributed by atoms with Crippen molar-refractivity contribution in [3.8, 4) is 11.3 Å². The molecule has 1 saturated heterocycles. The minimum Gasteiger partial charge on any atom is -0.294 e. The number of amides is 2. The van der Waals surface area contributed by atoms with Crippen LogP contribution in [0.5, 0.6) is 0 Å². The molecule has 0 N–H and O–H groups in total. The van der Waals surface area contributed by atoms with E-state index in [9.17, 15) is 9.18 Å². The van der Waals surface area contributed by atoms with Gasteiger partial charge in [-0.25, -0.2) is 9.18 Å². The molecule has 0 aliphatic carbocycles. The van der Waals surface area contributed by atoms with E-state index >= 15 is 0 Å². The Balaban J connectivity index is 1.44. The summed E-state index contributed by atoms with van der Waals surface area (Å²) in [6.45, 7) is 2.41. The Hall–Kier alpha value is -3.21. The lowest BCUT2D eigenvalue weighted by molar-refractivity contribution is 0.245. The second-order valence-corrected chi connectivity index (χ2v) is 7.44. The molecule has 28 heavy (non-hydrogen) atoms. The van der Waals surface area contributed by atoms with Crippen molar-refractivity contribution in [2.24, 2.45) is 0 Å². The number of rotatable bonds is 2. The minimum atomic E-state index is -0.201. The third-order valence-electron chi connectivity index (χ3n) is 5.70. The number of hydrogen-bond acceptors (Lipinski definition) is 2. The highest BCUT2D eigenvalue weighted by atomic mass is 19.1. The first-order valence-electron chi connectivity index (χ1n) is 9.53. The third kappa shape index (κ3) is 2.66. The summed E-state index contributed by atoms with van der Waals surface area (Å²) in [5.74, 6) is -0.201. The van der Waals surface area contributed by atoms with Crippen molar-refractivity contribution < 1.29 is 9.18 Å². The van der Waals surface area contributed by atoms with Crippen LogP contribution in [0.2, 0.25) is 0 Å². The van der Waals surface area contributed by atoms with Crippen LogP contribution in [-0.4, -0.2) is 23.6 Å². The summed E-state index contributed by atoms with van der Waals surface area (Å²) >= 11 is 0. The molecular formula is C23H20FN3O. The molecule has 2 aliphatic rings. The first-order valence-corrected chi connectivity index (χ1v) is 9.53. The number of benzene rings is 2. The fourth-order valence-corrected chi connectivity index (χ4v) is 4.22. The maximum absolute atomic E-state index is 13.9. The second-order valence-electron chi connectivity index (χ2n) is 7.44. The van der Waals surface area contributed by atoms with E-state index in [-0.39, 0.29) is 17.9 Å². The van der Waals surface area contributed by atoms with Crippen LogP contribution in [0.15, 0.2) is 60.8 Å². The molecule has 1 aromatic heterocycles. The number of aromatic nitrogens is 1. The number of carbonyl (C=O) groups is 1. The Kier molecular flexibility index (Phi) is 3.90. The number of aryl methyl sites for hydroxylation is 1. The molecule has 3 aromatic rings. The van der Waals surface area contributed by atoms with Crippen LogP contribution in [-0.2, 0) is 6.42 Å². The Morgan fingerprint density at radius 3 is 2.68 bits per heavy atom. The average Bonchev–Trinajstić information content (AvgIpc) is 3.07. The van der Waals surface area contributed by atoms with Gasteiger partial charge in [0.2, 0.25) is 0 Å². The van der Waals surface area contributed by atoms with Gasteiger partial charge in [-0.3, -0.25) is 14.8 Å². The zero-order valence-corrected chi connectivity index (χ0v) is 15.6. The van der Waals surface area contributed by atoms with Crippen molar-refractivity contribution in [2.45, 2.75) is 25.8 Å². The zero-order chi connectivity index (χ0) is 19.3. The van der Waals surface area contributed by atoms with Crippen LogP contribution < -0.4 is 9.80 Å². The van der Waals surface area contributed by atoms with Crippen LogP contribution >= 0.6 is 0 Å². The lowest BCUT2D eigenvalue weighted by Crippen LogP contribution is -2.53. The van der Waals surface area contributed by atoms with Gasteiger partial charge < -0.3 is 0 Å².